The lowest BCUT2D eigenvalue weighted by molar-refractivity contribution is -0.134. The molecule has 1 N–H and O–H groups in total. The molecule has 2 saturated heterocycles. The van der Waals surface area contributed by atoms with Crippen LogP contribution in [0.2, 0.25) is 0 Å². The van der Waals surface area contributed by atoms with Crippen molar-refractivity contribution in [3.8, 4) is 0 Å². The number of carbonyl (C=O) groups is 1. The minimum Gasteiger partial charge on any atom is -0.341 e. The summed E-state index contributed by atoms with van der Waals surface area (Å²) in [6.07, 6.45) is 6.18. The predicted octanol–water partition coefficient (Wildman–Crippen LogP) is 1.32. The van der Waals surface area contributed by atoms with E-state index in [0.717, 1.165) is 38.6 Å². The first-order valence-corrected chi connectivity index (χ1v) is 7.88. The van der Waals surface area contributed by atoms with Crippen LogP contribution in [0.1, 0.15) is 39.0 Å². The van der Waals surface area contributed by atoms with Crippen molar-refractivity contribution < 1.29 is 4.79 Å². The van der Waals surface area contributed by atoms with E-state index in [1.807, 2.05) is 4.90 Å². The molecule has 1 unspecified atom stereocenters. The van der Waals surface area contributed by atoms with Gasteiger partial charge in [0.25, 0.3) is 0 Å². The van der Waals surface area contributed by atoms with Crippen LogP contribution in [0.5, 0.6) is 0 Å². The molecule has 0 aliphatic carbocycles. The molecular formula is C15H29N3O. The van der Waals surface area contributed by atoms with Gasteiger partial charge in [0, 0.05) is 13.1 Å². The molecule has 0 aromatic rings. The normalized spacial score (nSPS) is 23.0. The van der Waals surface area contributed by atoms with Gasteiger partial charge in [-0.25, -0.2) is 0 Å². The number of hydrogen-bond acceptors (Lipinski definition) is 3. The number of amides is 1. The number of piperidine rings is 1. The molecule has 2 aliphatic rings. The summed E-state index contributed by atoms with van der Waals surface area (Å²) in [5.74, 6) is 1.17. The average molecular weight is 267 g/mol. The zero-order valence-corrected chi connectivity index (χ0v) is 12.5. The number of rotatable bonds is 5. The Kier molecular flexibility index (Phi) is 5.64. The number of nitrogens with zero attached hydrogens (tertiary/aromatic N) is 2. The van der Waals surface area contributed by atoms with Gasteiger partial charge in [-0.2, -0.15) is 0 Å². The SMILES string of the molecule is CC(C(=O)N1CCCC1)N(C)CCC1CCNCC1. The Balaban J connectivity index is 1.71. The Morgan fingerprint density at radius 2 is 1.95 bits per heavy atom. The Morgan fingerprint density at radius 1 is 1.32 bits per heavy atom. The highest BCUT2D eigenvalue weighted by molar-refractivity contribution is 5.81. The summed E-state index contributed by atoms with van der Waals surface area (Å²) in [5, 5.41) is 3.41. The van der Waals surface area contributed by atoms with Gasteiger partial charge in [-0.15, -0.1) is 0 Å². The molecule has 110 valence electrons. The molecule has 2 aliphatic heterocycles. The number of likely N-dealkylation sites (tertiary alicyclic amines) is 1. The standard InChI is InChI=1S/C15H29N3O/c1-13(15(19)18-10-3-4-11-18)17(2)12-7-14-5-8-16-9-6-14/h13-14,16H,3-12H2,1-2H3. The third kappa shape index (κ3) is 4.18. The number of hydrogen-bond donors (Lipinski definition) is 1. The van der Waals surface area contributed by atoms with E-state index in [1.54, 1.807) is 0 Å². The van der Waals surface area contributed by atoms with Crippen molar-refractivity contribution in [3.63, 3.8) is 0 Å². The fourth-order valence-electron chi connectivity index (χ4n) is 3.14. The number of nitrogens with one attached hydrogen (secondary N) is 1. The monoisotopic (exact) mass is 267 g/mol. The first kappa shape index (κ1) is 14.8. The number of likely N-dealkylation sites (N-methyl/N-ethyl adjacent to an activating group) is 1. The van der Waals surface area contributed by atoms with E-state index in [9.17, 15) is 4.79 Å². The van der Waals surface area contributed by atoms with Crippen molar-refractivity contribution in [2.45, 2.75) is 45.1 Å². The second-order valence-corrected chi connectivity index (χ2v) is 6.17. The van der Waals surface area contributed by atoms with Gasteiger partial charge >= 0.3 is 0 Å². The van der Waals surface area contributed by atoms with E-state index in [2.05, 4.69) is 24.2 Å². The molecule has 0 spiro atoms. The molecule has 2 rings (SSSR count). The Hall–Kier alpha value is -0.610. The van der Waals surface area contributed by atoms with E-state index in [-0.39, 0.29) is 6.04 Å². The Labute approximate surface area is 117 Å². The van der Waals surface area contributed by atoms with Gasteiger partial charge in [-0.05, 0) is 71.6 Å². The summed E-state index contributed by atoms with van der Waals surface area (Å²) in [5.41, 5.74) is 0. The van der Waals surface area contributed by atoms with Gasteiger partial charge in [-0.3, -0.25) is 9.69 Å². The van der Waals surface area contributed by atoms with Crippen molar-refractivity contribution in [1.82, 2.24) is 15.1 Å². The molecule has 19 heavy (non-hydrogen) atoms. The van der Waals surface area contributed by atoms with Crippen molar-refractivity contribution in [1.29, 1.82) is 0 Å². The Bertz CT molecular complexity index is 283. The van der Waals surface area contributed by atoms with E-state index < -0.39 is 0 Å². The maximum absolute atomic E-state index is 12.3. The zero-order chi connectivity index (χ0) is 13.7. The highest BCUT2D eigenvalue weighted by Gasteiger charge is 2.26. The molecule has 0 saturated carbocycles. The molecule has 0 aromatic carbocycles. The largest absolute Gasteiger partial charge is 0.341 e. The van der Waals surface area contributed by atoms with E-state index >= 15 is 0 Å². The van der Waals surface area contributed by atoms with Gasteiger partial charge in [0.1, 0.15) is 0 Å². The van der Waals surface area contributed by atoms with Crippen LogP contribution in [0.25, 0.3) is 0 Å². The minimum atomic E-state index is 0.0415. The van der Waals surface area contributed by atoms with Crippen LogP contribution >= 0.6 is 0 Å². The topological polar surface area (TPSA) is 35.6 Å². The minimum absolute atomic E-state index is 0.0415. The van der Waals surface area contributed by atoms with Gasteiger partial charge in [0.2, 0.25) is 5.91 Å². The summed E-state index contributed by atoms with van der Waals surface area (Å²) < 4.78 is 0. The highest BCUT2D eigenvalue weighted by atomic mass is 16.2. The second kappa shape index (κ2) is 7.25. The quantitative estimate of drug-likeness (QED) is 0.816. The summed E-state index contributed by atoms with van der Waals surface area (Å²) in [6.45, 7) is 7.36. The maximum atomic E-state index is 12.3. The van der Waals surface area contributed by atoms with Crippen LogP contribution in [0.3, 0.4) is 0 Å². The van der Waals surface area contributed by atoms with Crippen molar-refractivity contribution in [2.24, 2.45) is 5.92 Å². The van der Waals surface area contributed by atoms with Crippen molar-refractivity contribution in [2.75, 3.05) is 39.8 Å². The van der Waals surface area contributed by atoms with E-state index in [1.165, 1.54) is 32.1 Å². The molecule has 0 bridgehead atoms. The maximum Gasteiger partial charge on any atom is 0.239 e. The zero-order valence-electron chi connectivity index (χ0n) is 12.5. The fraction of sp³-hybridized carbons (Fsp3) is 0.933. The third-order valence-corrected chi connectivity index (χ3v) is 4.79. The fourth-order valence-corrected chi connectivity index (χ4v) is 3.14. The predicted molar refractivity (Wildman–Crippen MR) is 78.1 cm³/mol. The average Bonchev–Trinajstić information content (AvgIpc) is 2.98. The van der Waals surface area contributed by atoms with E-state index in [4.69, 9.17) is 0 Å². The summed E-state index contributed by atoms with van der Waals surface area (Å²) in [4.78, 5) is 16.6. The smallest absolute Gasteiger partial charge is 0.239 e. The van der Waals surface area contributed by atoms with Crippen molar-refractivity contribution in [3.05, 3.63) is 0 Å². The van der Waals surface area contributed by atoms with Crippen molar-refractivity contribution >= 4 is 5.91 Å². The second-order valence-electron chi connectivity index (χ2n) is 6.17. The molecule has 1 atom stereocenters. The molecule has 2 fully saturated rings. The highest BCUT2D eigenvalue weighted by Crippen LogP contribution is 2.17. The van der Waals surface area contributed by atoms with Gasteiger partial charge in [0.15, 0.2) is 0 Å². The van der Waals surface area contributed by atoms with Crippen LogP contribution in [0, 0.1) is 5.92 Å². The van der Waals surface area contributed by atoms with Crippen LogP contribution in [0.4, 0.5) is 0 Å². The van der Waals surface area contributed by atoms with Gasteiger partial charge < -0.3 is 10.2 Å². The first-order chi connectivity index (χ1) is 9.18. The molecule has 2 heterocycles. The first-order valence-electron chi connectivity index (χ1n) is 7.88. The lowest BCUT2D eigenvalue weighted by Crippen LogP contribution is -2.45. The molecule has 0 aromatic heterocycles. The van der Waals surface area contributed by atoms with Crippen LogP contribution in [-0.4, -0.2) is 61.5 Å². The van der Waals surface area contributed by atoms with Crippen LogP contribution < -0.4 is 5.32 Å². The molecule has 0 radical (unpaired) electrons. The van der Waals surface area contributed by atoms with Gasteiger partial charge in [0.05, 0.1) is 6.04 Å². The van der Waals surface area contributed by atoms with Gasteiger partial charge in [-0.1, -0.05) is 0 Å². The molecule has 4 nitrogen and oxygen atoms in total. The number of carbonyl (C=O) groups excluding carboxylic acids is 1. The van der Waals surface area contributed by atoms with Crippen LogP contribution in [0.15, 0.2) is 0 Å². The van der Waals surface area contributed by atoms with E-state index in [0.29, 0.717) is 5.91 Å². The summed E-state index contributed by atoms with van der Waals surface area (Å²) in [7, 11) is 2.10. The van der Waals surface area contributed by atoms with Crippen LogP contribution in [-0.2, 0) is 4.79 Å². The third-order valence-electron chi connectivity index (χ3n) is 4.79. The lowest BCUT2D eigenvalue weighted by atomic mass is 9.94. The molecule has 4 heteroatoms. The molecular weight excluding hydrogens is 238 g/mol. The molecule has 1 amide bonds. The Morgan fingerprint density at radius 3 is 2.58 bits per heavy atom. The summed E-state index contributed by atoms with van der Waals surface area (Å²) >= 11 is 0. The lowest BCUT2D eigenvalue weighted by Gasteiger charge is -2.30. The summed E-state index contributed by atoms with van der Waals surface area (Å²) in [6, 6.07) is 0.0415.